The van der Waals surface area contributed by atoms with E-state index in [0.717, 1.165) is 12.1 Å². The lowest BCUT2D eigenvalue weighted by molar-refractivity contribution is -0.274. The first-order chi connectivity index (χ1) is 9.85. The summed E-state index contributed by atoms with van der Waals surface area (Å²) in [7, 11) is 0. The summed E-state index contributed by atoms with van der Waals surface area (Å²) >= 11 is 1.29. The van der Waals surface area contributed by atoms with Gasteiger partial charge in [0.1, 0.15) is 17.3 Å². The number of nitrogens with two attached hydrogens (primary N) is 1. The summed E-state index contributed by atoms with van der Waals surface area (Å²) < 4.78 is 45.3. The molecule has 112 valence electrons. The Morgan fingerprint density at radius 2 is 1.71 bits per heavy atom. The normalized spacial score (nSPS) is 11.2. The number of alkyl halides is 3. The fourth-order valence-corrected chi connectivity index (χ4v) is 1.77. The monoisotopic (exact) mass is 317 g/mol. The molecule has 9 heteroatoms. The largest absolute Gasteiger partial charge is 0.573 e. The fourth-order valence-electron chi connectivity index (χ4n) is 1.39. The molecule has 0 saturated heterocycles. The number of thioether (sulfide) groups is 1. The Kier molecular flexibility index (Phi) is 4.41. The van der Waals surface area contributed by atoms with Gasteiger partial charge in [0.2, 0.25) is 5.88 Å². The summed E-state index contributed by atoms with van der Waals surface area (Å²) in [6.45, 7) is 0. The van der Waals surface area contributed by atoms with E-state index < -0.39 is 6.36 Å². The molecule has 0 radical (unpaired) electrons. The van der Waals surface area contributed by atoms with E-state index in [1.165, 1.54) is 30.0 Å². The molecular weight excluding hydrogens is 307 g/mol. The molecule has 0 aliphatic carbocycles. The molecule has 2 rings (SSSR count). The van der Waals surface area contributed by atoms with Crippen molar-refractivity contribution in [2.24, 2.45) is 0 Å². The Bertz CT molecular complexity index is 620. The van der Waals surface area contributed by atoms with Crippen LogP contribution in [-0.4, -0.2) is 22.6 Å². The maximum Gasteiger partial charge on any atom is 0.573 e. The highest BCUT2D eigenvalue weighted by Gasteiger charge is 2.30. The van der Waals surface area contributed by atoms with Crippen LogP contribution in [0.2, 0.25) is 0 Å². The van der Waals surface area contributed by atoms with E-state index >= 15 is 0 Å². The SMILES string of the molecule is CSc1nc(N)cc(Oc2ccc(OC(F)(F)F)cc2)n1. The van der Waals surface area contributed by atoms with Crippen LogP contribution in [-0.2, 0) is 0 Å². The molecule has 0 unspecified atom stereocenters. The van der Waals surface area contributed by atoms with Crippen molar-refractivity contribution >= 4 is 17.6 Å². The van der Waals surface area contributed by atoms with Crippen LogP contribution in [0.4, 0.5) is 19.0 Å². The van der Waals surface area contributed by atoms with Gasteiger partial charge in [0.25, 0.3) is 0 Å². The van der Waals surface area contributed by atoms with Gasteiger partial charge in [-0.1, -0.05) is 11.8 Å². The first kappa shape index (κ1) is 15.2. The summed E-state index contributed by atoms with van der Waals surface area (Å²) in [5.74, 6) is 0.411. The zero-order chi connectivity index (χ0) is 15.5. The molecule has 0 atom stereocenters. The molecule has 0 bridgehead atoms. The molecule has 21 heavy (non-hydrogen) atoms. The molecule has 0 aliphatic rings. The number of ether oxygens (including phenoxy) is 2. The second-order valence-corrected chi connectivity index (χ2v) is 4.51. The van der Waals surface area contributed by atoms with Gasteiger partial charge in [0.05, 0.1) is 0 Å². The number of halogens is 3. The van der Waals surface area contributed by atoms with E-state index in [9.17, 15) is 13.2 Å². The molecule has 2 aromatic rings. The summed E-state index contributed by atoms with van der Waals surface area (Å²) in [5, 5.41) is 0.432. The van der Waals surface area contributed by atoms with Gasteiger partial charge < -0.3 is 15.2 Å². The van der Waals surface area contributed by atoms with Gasteiger partial charge in [-0.05, 0) is 30.5 Å². The molecule has 1 aromatic heterocycles. The number of benzene rings is 1. The topological polar surface area (TPSA) is 70.3 Å². The van der Waals surface area contributed by atoms with Crippen molar-refractivity contribution in [2.75, 3.05) is 12.0 Å². The van der Waals surface area contributed by atoms with Gasteiger partial charge in [-0.15, -0.1) is 13.2 Å². The molecule has 0 fully saturated rings. The average molecular weight is 317 g/mol. The maximum atomic E-state index is 12.0. The number of nitrogens with zero attached hydrogens (tertiary/aromatic N) is 2. The highest BCUT2D eigenvalue weighted by molar-refractivity contribution is 7.98. The Hall–Kier alpha value is -2.16. The molecule has 1 aromatic carbocycles. The van der Waals surface area contributed by atoms with Gasteiger partial charge in [0, 0.05) is 6.07 Å². The predicted molar refractivity (Wildman–Crippen MR) is 71.4 cm³/mol. The minimum absolute atomic E-state index is 0.205. The number of hydrogen-bond acceptors (Lipinski definition) is 6. The molecular formula is C12H10F3N3O2S. The molecule has 0 amide bonds. The third-order valence-electron chi connectivity index (χ3n) is 2.16. The van der Waals surface area contributed by atoms with Crippen molar-refractivity contribution in [2.45, 2.75) is 11.5 Å². The highest BCUT2D eigenvalue weighted by atomic mass is 32.2. The Morgan fingerprint density at radius 1 is 1.10 bits per heavy atom. The first-order valence-corrected chi connectivity index (χ1v) is 6.80. The molecule has 5 nitrogen and oxygen atoms in total. The molecule has 0 saturated carbocycles. The minimum atomic E-state index is -4.73. The van der Waals surface area contributed by atoms with E-state index in [-0.39, 0.29) is 17.4 Å². The number of hydrogen-bond donors (Lipinski definition) is 1. The third kappa shape index (κ3) is 4.71. The highest BCUT2D eigenvalue weighted by Crippen LogP contribution is 2.27. The average Bonchev–Trinajstić information content (AvgIpc) is 2.38. The van der Waals surface area contributed by atoms with E-state index in [4.69, 9.17) is 10.5 Å². The Labute approximate surface area is 122 Å². The standard InChI is InChI=1S/C12H10F3N3O2S/c1-21-11-17-9(16)6-10(18-11)19-7-2-4-8(5-3-7)20-12(13,14)15/h2-6H,1H3,(H2,16,17,18). The van der Waals surface area contributed by atoms with E-state index in [2.05, 4.69) is 14.7 Å². The van der Waals surface area contributed by atoms with Crippen molar-refractivity contribution in [3.63, 3.8) is 0 Å². The molecule has 1 heterocycles. The first-order valence-electron chi connectivity index (χ1n) is 5.58. The van der Waals surface area contributed by atoms with E-state index in [0.29, 0.717) is 10.9 Å². The van der Waals surface area contributed by atoms with Gasteiger partial charge in [-0.25, -0.2) is 4.98 Å². The summed E-state index contributed by atoms with van der Waals surface area (Å²) in [6.07, 6.45) is -2.95. The zero-order valence-corrected chi connectivity index (χ0v) is 11.5. The van der Waals surface area contributed by atoms with Crippen LogP contribution in [0.3, 0.4) is 0 Å². The van der Waals surface area contributed by atoms with Crippen molar-refractivity contribution in [3.05, 3.63) is 30.3 Å². The Morgan fingerprint density at radius 3 is 2.29 bits per heavy atom. The van der Waals surface area contributed by atoms with Crippen LogP contribution in [0.5, 0.6) is 17.4 Å². The minimum Gasteiger partial charge on any atom is -0.439 e. The lowest BCUT2D eigenvalue weighted by Gasteiger charge is -2.10. The summed E-state index contributed by atoms with van der Waals surface area (Å²) in [6, 6.07) is 6.36. The van der Waals surface area contributed by atoms with Crippen molar-refractivity contribution < 1.29 is 22.6 Å². The second-order valence-electron chi connectivity index (χ2n) is 3.74. The van der Waals surface area contributed by atoms with Crippen LogP contribution >= 0.6 is 11.8 Å². The molecule has 0 spiro atoms. The Balaban J connectivity index is 2.11. The molecule has 0 aliphatic heterocycles. The fraction of sp³-hybridized carbons (Fsp3) is 0.167. The maximum absolute atomic E-state index is 12.0. The summed E-state index contributed by atoms with van der Waals surface area (Å²) in [5.41, 5.74) is 5.59. The van der Waals surface area contributed by atoms with Crippen molar-refractivity contribution in [3.8, 4) is 17.4 Å². The third-order valence-corrected chi connectivity index (χ3v) is 2.71. The number of nitrogen functional groups attached to an aromatic ring is 1. The predicted octanol–water partition coefficient (Wildman–Crippen LogP) is 3.47. The van der Waals surface area contributed by atoms with Crippen LogP contribution in [0, 0.1) is 0 Å². The van der Waals surface area contributed by atoms with Crippen molar-refractivity contribution in [1.82, 2.24) is 9.97 Å². The van der Waals surface area contributed by atoms with Crippen LogP contribution in [0.25, 0.3) is 0 Å². The van der Waals surface area contributed by atoms with E-state index in [1.54, 1.807) is 6.26 Å². The summed E-state index contributed by atoms with van der Waals surface area (Å²) in [4.78, 5) is 8.02. The van der Waals surface area contributed by atoms with Gasteiger partial charge in [0.15, 0.2) is 5.16 Å². The van der Waals surface area contributed by atoms with Crippen molar-refractivity contribution in [1.29, 1.82) is 0 Å². The quantitative estimate of drug-likeness (QED) is 0.688. The van der Waals surface area contributed by atoms with Crippen LogP contribution in [0.15, 0.2) is 35.5 Å². The second kappa shape index (κ2) is 6.08. The van der Waals surface area contributed by atoms with Gasteiger partial charge >= 0.3 is 6.36 Å². The lowest BCUT2D eigenvalue weighted by Crippen LogP contribution is -2.16. The number of anilines is 1. The zero-order valence-electron chi connectivity index (χ0n) is 10.7. The molecule has 2 N–H and O–H groups in total. The number of aromatic nitrogens is 2. The van der Waals surface area contributed by atoms with Gasteiger partial charge in [-0.2, -0.15) is 4.98 Å². The van der Waals surface area contributed by atoms with Crippen LogP contribution < -0.4 is 15.2 Å². The lowest BCUT2D eigenvalue weighted by atomic mass is 10.3. The smallest absolute Gasteiger partial charge is 0.439 e. The number of rotatable bonds is 4. The van der Waals surface area contributed by atoms with Gasteiger partial charge in [-0.3, -0.25) is 0 Å². The van der Waals surface area contributed by atoms with Crippen LogP contribution in [0.1, 0.15) is 0 Å². The van der Waals surface area contributed by atoms with E-state index in [1.807, 2.05) is 0 Å².